The zero-order chi connectivity index (χ0) is 13.8. The molecule has 0 aromatic rings. The second-order valence-electron chi connectivity index (χ2n) is 5.06. The maximum atomic E-state index is 12.7. The van der Waals surface area contributed by atoms with Crippen LogP contribution in [0.2, 0.25) is 0 Å². The molecule has 2 unspecified atom stereocenters. The van der Waals surface area contributed by atoms with Crippen molar-refractivity contribution in [3.8, 4) is 6.07 Å². The van der Waals surface area contributed by atoms with Crippen molar-refractivity contribution in [3.63, 3.8) is 0 Å². The van der Waals surface area contributed by atoms with Crippen LogP contribution in [0, 0.1) is 16.7 Å². The summed E-state index contributed by atoms with van der Waals surface area (Å²) in [6.07, 6.45) is 2.07. The summed E-state index contributed by atoms with van der Waals surface area (Å²) in [5, 5.41) is 9.37. The Morgan fingerprint density at radius 3 is 2.50 bits per heavy atom. The second-order valence-corrected chi connectivity index (χ2v) is 5.06. The molecule has 0 aromatic carbocycles. The Bertz CT molecular complexity index is 331. The molecule has 4 heteroatoms. The van der Waals surface area contributed by atoms with Gasteiger partial charge in [0.15, 0.2) is 0 Å². The van der Waals surface area contributed by atoms with Crippen LogP contribution in [0.15, 0.2) is 0 Å². The summed E-state index contributed by atoms with van der Waals surface area (Å²) in [6.45, 7) is 9.03. The summed E-state index contributed by atoms with van der Waals surface area (Å²) < 4.78 is 5.60. The Balaban J connectivity index is 2.95. The highest BCUT2D eigenvalue weighted by molar-refractivity contribution is 5.85. The fourth-order valence-electron chi connectivity index (χ4n) is 2.46. The van der Waals surface area contributed by atoms with E-state index in [-0.39, 0.29) is 18.1 Å². The lowest BCUT2D eigenvalue weighted by Gasteiger charge is -2.41. The van der Waals surface area contributed by atoms with Gasteiger partial charge in [0, 0.05) is 6.54 Å². The SMILES string of the molecule is CCC1COC(C)CN1C(=O)C(C#N)(CC)CC. The van der Waals surface area contributed by atoms with E-state index in [9.17, 15) is 10.1 Å². The first-order chi connectivity index (χ1) is 8.54. The van der Waals surface area contributed by atoms with Crippen LogP contribution < -0.4 is 0 Å². The smallest absolute Gasteiger partial charge is 0.243 e. The lowest BCUT2D eigenvalue weighted by Crippen LogP contribution is -2.55. The monoisotopic (exact) mass is 252 g/mol. The largest absolute Gasteiger partial charge is 0.375 e. The third-order valence-electron chi connectivity index (χ3n) is 4.03. The molecule has 2 atom stereocenters. The molecular weight excluding hydrogens is 228 g/mol. The Morgan fingerprint density at radius 1 is 1.44 bits per heavy atom. The number of hydrogen-bond acceptors (Lipinski definition) is 3. The van der Waals surface area contributed by atoms with Crippen molar-refractivity contribution in [2.24, 2.45) is 5.41 Å². The van der Waals surface area contributed by atoms with Crippen LogP contribution in [-0.2, 0) is 9.53 Å². The maximum absolute atomic E-state index is 12.7. The topological polar surface area (TPSA) is 53.3 Å². The second kappa shape index (κ2) is 6.19. The summed E-state index contributed by atoms with van der Waals surface area (Å²) in [6, 6.07) is 2.35. The molecule has 4 nitrogen and oxygen atoms in total. The Hall–Kier alpha value is -1.08. The lowest BCUT2D eigenvalue weighted by molar-refractivity contribution is -0.152. The molecular formula is C14H24N2O2. The van der Waals surface area contributed by atoms with Crippen LogP contribution in [0.25, 0.3) is 0 Å². The number of ether oxygens (including phenoxy) is 1. The van der Waals surface area contributed by atoms with E-state index in [0.717, 1.165) is 6.42 Å². The Labute approximate surface area is 110 Å². The van der Waals surface area contributed by atoms with Gasteiger partial charge >= 0.3 is 0 Å². The van der Waals surface area contributed by atoms with Crippen molar-refractivity contribution in [1.29, 1.82) is 5.26 Å². The molecule has 0 N–H and O–H groups in total. The fourth-order valence-corrected chi connectivity index (χ4v) is 2.46. The van der Waals surface area contributed by atoms with E-state index >= 15 is 0 Å². The summed E-state index contributed by atoms with van der Waals surface area (Å²) in [5.74, 6) is -0.0167. The molecule has 1 rings (SSSR count). The molecule has 18 heavy (non-hydrogen) atoms. The number of nitrogens with zero attached hydrogens (tertiary/aromatic N) is 2. The van der Waals surface area contributed by atoms with E-state index in [0.29, 0.717) is 26.0 Å². The first-order valence-electron chi connectivity index (χ1n) is 6.88. The number of nitriles is 1. The summed E-state index contributed by atoms with van der Waals surface area (Å²) in [5.41, 5.74) is -0.857. The van der Waals surface area contributed by atoms with Crippen molar-refractivity contribution in [2.75, 3.05) is 13.2 Å². The van der Waals surface area contributed by atoms with Gasteiger partial charge in [-0.15, -0.1) is 0 Å². The van der Waals surface area contributed by atoms with Crippen molar-refractivity contribution in [1.82, 2.24) is 4.90 Å². The molecule has 1 amide bonds. The number of carbonyl (C=O) groups is 1. The molecule has 1 aliphatic rings. The third-order valence-corrected chi connectivity index (χ3v) is 4.03. The minimum Gasteiger partial charge on any atom is -0.375 e. The lowest BCUT2D eigenvalue weighted by atomic mass is 9.82. The number of rotatable bonds is 4. The summed E-state index contributed by atoms with van der Waals surface area (Å²) in [7, 11) is 0. The molecule has 1 aliphatic heterocycles. The van der Waals surface area contributed by atoms with Crippen LogP contribution in [0.1, 0.15) is 47.0 Å². The van der Waals surface area contributed by atoms with Gasteiger partial charge in [-0.05, 0) is 26.2 Å². The van der Waals surface area contributed by atoms with Crippen molar-refractivity contribution < 1.29 is 9.53 Å². The van der Waals surface area contributed by atoms with Gasteiger partial charge in [-0.3, -0.25) is 4.79 Å². The fraction of sp³-hybridized carbons (Fsp3) is 0.857. The first-order valence-corrected chi connectivity index (χ1v) is 6.88. The van der Waals surface area contributed by atoms with Crippen LogP contribution >= 0.6 is 0 Å². The molecule has 0 spiro atoms. The van der Waals surface area contributed by atoms with E-state index in [1.165, 1.54) is 0 Å². The van der Waals surface area contributed by atoms with E-state index < -0.39 is 5.41 Å². The minimum absolute atomic E-state index is 0.0167. The quantitative estimate of drug-likeness (QED) is 0.771. The predicted octanol–water partition coefficient (Wildman–Crippen LogP) is 2.34. The highest BCUT2D eigenvalue weighted by Crippen LogP contribution is 2.30. The molecule has 0 bridgehead atoms. The molecule has 1 fully saturated rings. The molecule has 1 saturated heterocycles. The van der Waals surface area contributed by atoms with Crippen LogP contribution in [-0.4, -0.2) is 36.1 Å². The first kappa shape index (κ1) is 15.0. The molecule has 0 saturated carbocycles. The van der Waals surface area contributed by atoms with Crippen LogP contribution in [0.5, 0.6) is 0 Å². The maximum Gasteiger partial charge on any atom is 0.243 e. The Kier molecular flexibility index (Phi) is 5.15. The van der Waals surface area contributed by atoms with E-state index in [4.69, 9.17) is 4.74 Å². The van der Waals surface area contributed by atoms with Gasteiger partial charge in [0.1, 0.15) is 5.41 Å². The predicted molar refractivity (Wildman–Crippen MR) is 69.8 cm³/mol. The zero-order valence-electron chi connectivity index (χ0n) is 11.9. The van der Waals surface area contributed by atoms with Crippen LogP contribution in [0.3, 0.4) is 0 Å². The average molecular weight is 252 g/mol. The van der Waals surface area contributed by atoms with Gasteiger partial charge in [0.25, 0.3) is 0 Å². The molecule has 0 aromatic heterocycles. The van der Waals surface area contributed by atoms with Crippen molar-refractivity contribution in [3.05, 3.63) is 0 Å². The molecule has 102 valence electrons. The summed E-state index contributed by atoms with van der Waals surface area (Å²) >= 11 is 0. The van der Waals surface area contributed by atoms with Gasteiger partial charge < -0.3 is 9.64 Å². The summed E-state index contributed by atoms with van der Waals surface area (Å²) in [4.78, 5) is 14.5. The van der Waals surface area contributed by atoms with Gasteiger partial charge in [0.2, 0.25) is 5.91 Å². The van der Waals surface area contributed by atoms with Crippen molar-refractivity contribution >= 4 is 5.91 Å². The zero-order valence-corrected chi connectivity index (χ0v) is 11.9. The number of hydrogen-bond donors (Lipinski definition) is 0. The van der Waals surface area contributed by atoms with Gasteiger partial charge in [-0.25, -0.2) is 0 Å². The van der Waals surface area contributed by atoms with Crippen LogP contribution in [0.4, 0.5) is 0 Å². The number of morpholine rings is 1. The van der Waals surface area contributed by atoms with Gasteiger partial charge in [-0.1, -0.05) is 20.8 Å². The molecule has 1 heterocycles. The van der Waals surface area contributed by atoms with E-state index in [1.807, 2.05) is 25.7 Å². The van der Waals surface area contributed by atoms with Gasteiger partial charge in [0.05, 0.1) is 24.8 Å². The minimum atomic E-state index is -0.857. The number of amides is 1. The standard InChI is InChI=1S/C14H24N2O2/c1-5-12-9-18-11(4)8-16(12)13(17)14(6-2,7-3)10-15/h11-12H,5-9H2,1-4H3. The average Bonchev–Trinajstić information content (AvgIpc) is 2.41. The van der Waals surface area contributed by atoms with E-state index in [2.05, 4.69) is 13.0 Å². The van der Waals surface area contributed by atoms with Crippen molar-refractivity contribution in [2.45, 2.75) is 59.1 Å². The molecule has 0 aliphatic carbocycles. The van der Waals surface area contributed by atoms with E-state index in [1.54, 1.807) is 0 Å². The highest BCUT2D eigenvalue weighted by atomic mass is 16.5. The third kappa shape index (κ3) is 2.67. The Morgan fingerprint density at radius 2 is 2.06 bits per heavy atom. The van der Waals surface area contributed by atoms with Gasteiger partial charge in [-0.2, -0.15) is 5.26 Å². The highest BCUT2D eigenvalue weighted by Gasteiger charge is 2.42. The number of carbonyl (C=O) groups excluding carboxylic acids is 1. The normalized spacial score (nSPS) is 24.7. The molecule has 0 radical (unpaired) electrons.